The fourth-order valence-electron chi connectivity index (χ4n) is 2.41. The topological polar surface area (TPSA) is 47.3 Å². The van der Waals surface area contributed by atoms with E-state index >= 15 is 0 Å². The van der Waals surface area contributed by atoms with Crippen molar-refractivity contribution < 1.29 is 4.74 Å². The molecule has 0 aromatic carbocycles. The second-order valence-corrected chi connectivity index (χ2v) is 5.67. The Morgan fingerprint density at radius 2 is 1.56 bits per heavy atom. The summed E-state index contributed by atoms with van der Waals surface area (Å²) in [5.41, 5.74) is 2.74. The van der Waals surface area contributed by atoms with Crippen molar-refractivity contribution in [3.8, 4) is 0 Å². The molecule has 0 aromatic heterocycles. The van der Waals surface area contributed by atoms with Gasteiger partial charge in [0, 0.05) is 12.6 Å². The molecule has 0 aliphatic heterocycles. The van der Waals surface area contributed by atoms with E-state index in [-0.39, 0.29) is 11.6 Å². The zero-order valence-electron chi connectivity index (χ0n) is 12.9. The highest BCUT2D eigenvalue weighted by molar-refractivity contribution is 4.83. The number of hydrogen-bond donors (Lipinski definition) is 2. The fourth-order valence-corrected chi connectivity index (χ4v) is 2.41. The molecule has 0 spiro atoms. The molecule has 3 nitrogen and oxygen atoms in total. The molecule has 3 heteroatoms. The van der Waals surface area contributed by atoms with Crippen molar-refractivity contribution >= 4 is 0 Å². The highest BCUT2D eigenvalue weighted by Crippen LogP contribution is 2.20. The predicted molar refractivity (Wildman–Crippen MR) is 79.4 cm³/mol. The van der Waals surface area contributed by atoms with Gasteiger partial charge in [-0.3, -0.25) is 11.3 Å². The Kier molecular flexibility index (Phi) is 10.7. The van der Waals surface area contributed by atoms with Gasteiger partial charge in [0.25, 0.3) is 0 Å². The number of ether oxygens (including phenoxy) is 1. The number of hydrogen-bond acceptors (Lipinski definition) is 3. The van der Waals surface area contributed by atoms with Crippen molar-refractivity contribution in [3.63, 3.8) is 0 Å². The van der Waals surface area contributed by atoms with Gasteiger partial charge >= 0.3 is 0 Å². The zero-order valence-corrected chi connectivity index (χ0v) is 12.9. The summed E-state index contributed by atoms with van der Waals surface area (Å²) in [5, 5.41) is 0. The molecule has 0 saturated heterocycles. The van der Waals surface area contributed by atoms with E-state index in [0.29, 0.717) is 0 Å². The molecule has 0 fully saturated rings. The second-order valence-electron chi connectivity index (χ2n) is 5.67. The summed E-state index contributed by atoms with van der Waals surface area (Å²) in [6, 6.07) is 0.244. The Morgan fingerprint density at radius 3 is 2.06 bits per heavy atom. The maximum absolute atomic E-state index is 5.75. The van der Waals surface area contributed by atoms with Crippen LogP contribution >= 0.6 is 0 Å². The fraction of sp³-hybridized carbons (Fsp3) is 1.00. The van der Waals surface area contributed by atoms with Gasteiger partial charge in [-0.1, -0.05) is 51.9 Å². The van der Waals surface area contributed by atoms with Crippen molar-refractivity contribution in [1.82, 2.24) is 5.43 Å². The lowest BCUT2D eigenvalue weighted by molar-refractivity contribution is -0.0406. The van der Waals surface area contributed by atoms with E-state index in [1.807, 2.05) is 6.92 Å². The molecule has 0 amide bonds. The Morgan fingerprint density at radius 1 is 1.00 bits per heavy atom. The summed E-state index contributed by atoms with van der Waals surface area (Å²) >= 11 is 0. The third-order valence-corrected chi connectivity index (χ3v) is 3.65. The van der Waals surface area contributed by atoms with Crippen molar-refractivity contribution in [2.75, 3.05) is 6.61 Å². The third kappa shape index (κ3) is 8.06. The van der Waals surface area contributed by atoms with E-state index < -0.39 is 0 Å². The van der Waals surface area contributed by atoms with Crippen LogP contribution in [0.5, 0.6) is 0 Å². The van der Waals surface area contributed by atoms with Crippen LogP contribution in [-0.4, -0.2) is 18.2 Å². The summed E-state index contributed by atoms with van der Waals surface area (Å²) in [7, 11) is 0. The molecule has 0 saturated carbocycles. The van der Waals surface area contributed by atoms with Gasteiger partial charge in [-0.15, -0.1) is 0 Å². The van der Waals surface area contributed by atoms with Gasteiger partial charge in [0.1, 0.15) is 0 Å². The molecular formula is C15H34N2O. The van der Waals surface area contributed by atoms with Crippen LogP contribution in [0.4, 0.5) is 0 Å². The predicted octanol–water partition coefficient (Wildman–Crippen LogP) is 3.77. The summed E-state index contributed by atoms with van der Waals surface area (Å²) in [6.07, 6.45) is 10.5. The van der Waals surface area contributed by atoms with Crippen LogP contribution in [-0.2, 0) is 4.74 Å². The molecule has 18 heavy (non-hydrogen) atoms. The first-order valence-corrected chi connectivity index (χ1v) is 7.68. The Labute approximate surface area is 114 Å². The van der Waals surface area contributed by atoms with E-state index in [9.17, 15) is 0 Å². The molecule has 1 unspecified atom stereocenters. The van der Waals surface area contributed by atoms with Crippen LogP contribution in [0.15, 0.2) is 0 Å². The van der Waals surface area contributed by atoms with Crippen LogP contribution in [0.1, 0.15) is 79.1 Å². The lowest BCUT2D eigenvalue weighted by Crippen LogP contribution is -2.51. The number of hydrazine groups is 1. The minimum absolute atomic E-state index is 0.175. The molecular weight excluding hydrogens is 224 g/mol. The zero-order chi connectivity index (χ0) is 13.9. The Bertz CT molecular complexity index is 183. The molecule has 110 valence electrons. The summed E-state index contributed by atoms with van der Waals surface area (Å²) in [5.74, 6) is 5.64. The maximum atomic E-state index is 5.75. The number of nitrogens with one attached hydrogen (secondary N) is 1. The summed E-state index contributed by atoms with van der Waals surface area (Å²) in [6.45, 7) is 9.25. The number of rotatable bonds is 12. The van der Waals surface area contributed by atoms with E-state index in [1.54, 1.807) is 0 Å². The molecule has 0 aliphatic carbocycles. The normalized spacial score (nSPS) is 13.8. The maximum Gasteiger partial charge on any atom is 0.0792 e. The van der Waals surface area contributed by atoms with Gasteiger partial charge in [-0.2, -0.15) is 0 Å². The van der Waals surface area contributed by atoms with Gasteiger partial charge < -0.3 is 4.74 Å². The van der Waals surface area contributed by atoms with Gasteiger partial charge in [0.15, 0.2) is 0 Å². The smallest absolute Gasteiger partial charge is 0.0792 e. The molecule has 0 aromatic rings. The van der Waals surface area contributed by atoms with Crippen LogP contribution in [0.25, 0.3) is 0 Å². The van der Waals surface area contributed by atoms with Crippen LogP contribution in [0.2, 0.25) is 0 Å². The quantitative estimate of drug-likeness (QED) is 0.318. The molecule has 1 atom stereocenters. The van der Waals surface area contributed by atoms with Gasteiger partial charge in [0.05, 0.1) is 5.60 Å². The minimum atomic E-state index is -0.175. The first-order chi connectivity index (χ1) is 8.58. The first kappa shape index (κ1) is 17.9. The van der Waals surface area contributed by atoms with E-state index in [1.165, 1.54) is 44.9 Å². The molecule has 3 N–H and O–H groups in total. The molecule has 0 radical (unpaired) electrons. The van der Waals surface area contributed by atoms with Crippen molar-refractivity contribution in [2.45, 2.75) is 90.7 Å². The minimum Gasteiger partial charge on any atom is -0.374 e. The van der Waals surface area contributed by atoms with Crippen LogP contribution < -0.4 is 11.3 Å². The van der Waals surface area contributed by atoms with Crippen LogP contribution in [0.3, 0.4) is 0 Å². The number of unbranched alkanes of at least 4 members (excludes halogenated alkanes) is 6. The lowest BCUT2D eigenvalue weighted by atomic mass is 9.93. The van der Waals surface area contributed by atoms with E-state index in [2.05, 4.69) is 26.2 Å². The average Bonchev–Trinajstić information content (AvgIpc) is 2.32. The molecule has 0 bridgehead atoms. The monoisotopic (exact) mass is 258 g/mol. The average molecular weight is 258 g/mol. The first-order valence-electron chi connectivity index (χ1n) is 7.68. The molecule has 0 aliphatic rings. The summed E-state index contributed by atoms with van der Waals surface area (Å²) < 4.78 is 5.75. The largest absolute Gasteiger partial charge is 0.374 e. The van der Waals surface area contributed by atoms with Gasteiger partial charge in [-0.05, 0) is 27.2 Å². The molecule has 0 rings (SSSR count). The van der Waals surface area contributed by atoms with Gasteiger partial charge in [0.2, 0.25) is 0 Å². The standard InChI is InChI=1S/C15H34N2O/c1-5-7-8-9-10-11-12-13-14(17-16)15(3,4)18-6-2/h14,17H,5-13,16H2,1-4H3. The second kappa shape index (κ2) is 10.8. The highest BCUT2D eigenvalue weighted by Gasteiger charge is 2.28. The lowest BCUT2D eigenvalue weighted by Gasteiger charge is -2.33. The molecule has 0 heterocycles. The van der Waals surface area contributed by atoms with Crippen molar-refractivity contribution in [1.29, 1.82) is 0 Å². The van der Waals surface area contributed by atoms with Gasteiger partial charge in [-0.25, -0.2) is 0 Å². The SMILES string of the molecule is CCCCCCCCCC(NN)C(C)(C)OCC. The highest BCUT2D eigenvalue weighted by atomic mass is 16.5. The number of nitrogens with two attached hydrogens (primary N) is 1. The third-order valence-electron chi connectivity index (χ3n) is 3.65. The summed E-state index contributed by atoms with van der Waals surface area (Å²) in [4.78, 5) is 0. The van der Waals surface area contributed by atoms with E-state index in [4.69, 9.17) is 10.6 Å². The Balaban J connectivity index is 3.67. The van der Waals surface area contributed by atoms with Crippen LogP contribution in [0, 0.1) is 0 Å². The van der Waals surface area contributed by atoms with Crippen molar-refractivity contribution in [3.05, 3.63) is 0 Å². The Hall–Kier alpha value is -0.120. The van der Waals surface area contributed by atoms with Crippen molar-refractivity contribution in [2.24, 2.45) is 5.84 Å². The van der Waals surface area contributed by atoms with E-state index in [0.717, 1.165) is 13.0 Å².